The Morgan fingerprint density at radius 3 is 1.26 bits per heavy atom. The van der Waals surface area contributed by atoms with Crippen molar-refractivity contribution < 1.29 is 54.9 Å². The number of nitrogens with one attached hydrogen (secondary N) is 2. The molecule has 0 amide bonds. The van der Waals surface area contributed by atoms with Crippen molar-refractivity contribution in [2.45, 2.75) is 62.7 Å². The fourth-order valence-corrected chi connectivity index (χ4v) is 9.27. The lowest BCUT2D eigenvalue weighted by Gasteiger charge is -2.38. The molecule has 2 heterocycles. The molecule has 0 bridgehead atoms. The van der Waals surface area contributed by atoms with Crippen LogP contribution in [0.2, 0.25) is 0 Å². The quantitative estimate of drug-likeness (QED) is 0.0485. The highest BCUT2D eigenvalue weighted by atomic mass is 32.1. The topological polar surface area (TPSA) is 95.1 Å². The highest BCUT2D eigenvalue weighted by Gasteiger charge is 2.60. The lowest BCUT2D eigenvalue weighted by Crippen LogP contribution is -2.56. The molecule has 6 aromatic rings. The molecule has 306 valence electrons. The van der Waals surface area contributed by atoms with Gasteiger partial charge < -0.3 is 29.6 Å². The van der Waals surface area contributed by atoms with E-state index in [1.54, 1.807) is 72.8 Å². The summed E-state index contributed by atoms with van der Waals surface area (Å²) >= 11 is 1.64. The second kappa shape index (κ2) is 17.0. The summed E-state index contributed by atoms with van der Waals surface area (Å²) in [7, 11) is 2.19. The Hall–Kier alpha value is -5.16. The molecule has 16 heteroatoms. The molecule has 58 heavy (non-hydrogen) atoms. The van der Waals surface area contributed by atoms with Gasteiger partial charge in [0.05, 0.1) is 12.8 Å². The van der Waals surface area contributed by atoms with Gasteiger partial charge in [0.2, 0.25) is 12.6 Å². The molecule has 0 saturated carbocycles. The Kier molecular flexibility index (Phi) is 12.4. The highest BCUT2D eigenvalue weighted by molar-refractivity contribution is 7.10. The van der Waals surface area contributed by atoms with E-state index in [9.17, 15) is 9.59 Å². The molecule has 0 aliphatic heterocycles. The minimum absolute atomic E-state index is 0.0341. The number of carbonyl (C=O) groups is 2. The number of carbonyl (C=O) groups excluding carboxylic acids is 2. The van der Waals surface area contributed by atoms with Crippen LogP contribution in [0, 0.1) is 13.8 Å². The van der Waals surface area contributed by atoms with E-state index in [1.807, 2.05) is 0 Å². The number of fused-ring (bicyclic) bond motifs is 2. The Bertz CT molecular complexity index is 2220. The van der Waals surface area contributed by atoms with Gasteiger partial charge in [0.15, 0.2) is 11.1 Å². The number of alkyl halides is 6. The first-order valence-electron chi connectivity index (χ1n) is 17.8. The lowest BCUT2D eigenvalue weighted by molar-refractivity contribution is -0.228. The Morgan fingerprint density at radius 2 is 0.931 bits per heavy atom. The smallest absolute Gasteiger partial charge is 0.420 e. The first-order valence-corrected chi connectivity index (χ1v) is 19.6. The van der Waals surface area contributed by atoms with Crippen LogP contribution in [0.25, 0.3) is 21.5 Å². The van der Waals surface area contributed by atoms with Crippen molar-refractivity contribution in [1.82, 2.24) is 10.6 Å². The number of esters is 2. The average molecular weight is 845 g/mol. The summed E-state index contributed by atoms with van der Waals surface area (Å²) in [5.41, 5.74) is -5.11. The third kappa shape index (κ3) is 8.37. The van der Waals surface area contributed by atoms with Crippen molar-refractivity contribution in [2.24, 2.45) is 0 Å². The van der Waals surface area contributed by atoms with Gasteiger partial charge in [-0.25, -0.2) is 9.59 Å². The maximum absolute atomic E-state index is 15.2. The van der Waals surface area contributed by atoms with Crippen molar-refractivity contribution >= 4 is 56.2 Å². The molecule has 2 aromatic heterocycles. The van der Waals surface area contributed by atoms with Crippen LogP contribution in [-0.4, -0.2) is 51.0 Å². The highest BCUT2D eigenvalue weighted by Crippen LogP contribution is 2.48. The standard InChI is InChI=1S/C42H38F6N2O6S2/c1-25-19-21-57-35(25)39(49-3,41(43,44)45)23-33(53-31-17-9-13-27-11-5-7-15-29(27)31)55-37(51)38(52)56-34(54-32-18-10-14-28-12-6-8-16-30(28)32)24-40(50-4,42(46,47)48)36-26(2)20-22-58-36/h5-22,33-34,49-50H,23-24H2,1-4H3. The van der Waals surface area contributed by atoms with Crippen molar-refractivity contribution in [3.05, 3.63) is 129 Å². The van der Waals surface area contributed by atoms with Crippen molar-refractivity contribution in [1.29, 1.82) is 0 Å². The molecule has 4 unspecified atom stereocenters. The molecule has 4 aromatic carbocycles. The monoisotopic (exact) mass is 844 g/mol. The number of thiophene rings is 2. The van der Waals surface area contributed by atoms with E-state index in [4.69, 9.17) is 18.9 Å². The molecule has 0 aliphatic carbocycles. The van der Waals surface area contributed by atoms with Gasteiger partial charge in [-0.2, -0.15) is 26.3 Å². The first kappa shape index (κ1) is 42.4. The molecule has 6 rings (SSSR count). The summed E-state index contributed by atoms with van der Waals surface area (Å²) in [4.78, 5) is 27.2. The summed E-state index contributed by atoms with van der Waals surface area (Å²) in [5.74, 6) is -3.60. The second-order valence-electron chi connectivity index (χ2n) is 13.4. The van der Waals surface area contributed by atoms with Crippen LogP contribution < -0.4 is 20.1 Å². The van der Waals surface area contributed by atoms with Crippen LogP contribution in [0.15, 0.2) is 108 Å². The molecule has 2 N–H and O–H groups in total. The summed E-state index contributed by atoms with van der Waals surface area (Å²) in [6, 6.07) is 26.2. The van der Waals surface area contributed by atoms with Crippen molar-refractivity contribution in [2.75, 3.05) is 14.1 Å². The van der Waals surface area contributed by atoms with Gasteiger partial charge in [-0.05, 0) is 84.9 Å². The van der Waals surface area contributed by atoms with E-state index in [1.165, 1.54) is 48.9 Å². The van der Waals surface area contributed by atoms with E-state index in [-0.39, 0.29) is 21.3 Å². The lowest BCUT2D eigenvalue weighted by atomic mass is 9.89. The number of hydrogen-bond acceptors (Lipinski definition) is 10. The normalized spacial score (nSPS) is 15.3. The Balaban J connectivity index is 1.38. The van der Waals surface area contributed by atoms with Gasteiger partial charge in [-0.1, -0.05) is 72.8 Å². The number of halogens is 6. The van der Waals surface area contributed by atoms with Crippen LogP contribution in [0.5, 0.6) is 11.5 Å². The third-order valence-electron chi connectivity index (χ3n) is 9.93. The van der Waals surface area contributed by atoms with Crippen LogP contribution in [0.3, 0.4) is 0 Å². The second-order valence-corrected chi connectivity index (χ2v) is 15.3. The van der Waals surface area contributed by atoms with E-state index in [0.717, 1.165) is 36.8 Å². The molecule has 0 fully saturated rings. The molecule has 0 spiro atoms. The molecule has 0 radical (unpaired) electrons. The number of benzene rings is 4. The Labute approximate surface area is 337 Å². The fourth-order valence-electron chi connectivity index (χ4n) is 6.94. The number of ether oxygens (including phenoxy) is 4. The summed E-state index contributed by atoms with van der Waals surface area (Å²) < 4.78 is 114. The van der Waals surface area contributed by atoms with Gasteiger partial charge in [0, 0.05) is 20.5 Å². The van der Waals surface area contributed by atoms with Gasteiger partial charge in [-0.15, -0.1) is 22.7 Å². The molecule has 8 nitrogen and oxygen atoms in total. The van der Waals surface area contributed by atoms with Crippen LogP contribution in [-0.2, 0) is 30.1 Å². The fraction of sp³-hybridized carbons (Fsp3) is 0.286. The first-order chi connectivity index (χ1) is 27.5. The van der Waals surface area contributed by atoms with Crippen molar-refractivity contribution in [3.63, 3.8) is 0 Å². The number of aryl methyl sites for hydroxylation is 2. The minimum Gasteiger partial charge on any atom is -0.454 e. The van der Waals surface area contributed by atoms with Crippen LogP contribution >= 0.6 is 22.7 Å². The number of rotatable bonds is 14. The van der Waals surface area contributed by atoms with Crippen LogP contribution in [0.1, 0.15) is 33.7 Å². The summed E-state index contributed by atoms with van der Waals surface area (Å²) in [6.45, 7) is 2.99. The van der Waals surface area contributed by atoms with E-state index < -0.39 is 60.8 Å². The maximum Gasteiger partial charge on any atom is 0.420 e. The van der Waals surface area contributed by atoms with Gasteiger partial charge >= 0.3 is 24.3 Å². The molecule has 0 aliphatic rings. The maximum atomic E-state index is 15.2. The third-order valence-corrected chi connectivity index (χ3v) is 12.3. The largest absolute Gasteiger partial charge is 0.454 e. The van der Waals surface area contributed by atoms with Crippen molar-refractivity contribution in [3.8, 4) is 11.5 Å². The molecular formula is C42H38F6N2O6S2. The predicted octanol–water partition coefficient (Wildman–Crippen LogP) is 10.1. The number of hydrogen-bond donors (Lipinski definition) is 2. The average Bonchev–Trinajstić information content (AvgIpc) is 3.82. The predicted molar refractivity (Wildman–Crippen MR) is 210 cm³/mol. The van der Waals surface area contributed by atoms with Gasteiger partial charge in [0.1, 0.15) is 11.5 Å². The van der Waals surface area contributed by atoms with E-state index >= 15 is 26.3 Å². The SMILES string of the molecule is CNC(CC(OC(=O)C(=O)OC(CC(NC)(c1sccc1C)C(F)(F)F)Oc1cccc2ccccc12)Oc1cccc2ccccc12)(c1sccc1C)C(F)(F)F. The van der Waals surface area contributed by atoms with E-state index in [2.05, 4.69) is 10.6 Å². The van der Waals surface area contributed by atoms with Crippen LogP contribution in [0.4, 0.5) is 26.3 Å². The zero-order valence-corrected chi connectivity index (χ0v) is 33.1. The van der Waals surface area contributed by atoms with Gasteiger partial charge in [-0.3, -0.25) is 0 Å². The zero-order valence-electron chi connectivity index (χ0n) is 31.5. The molecule has 4 atom stereocenters. The van der Waals surface area contributed by atoms with Gasteiger partial charge in [0.25, 0.3) is 0 Å². The summed E-state index contributed by atoms with van der Waals surface area (Å²) in [5, 5.41) is 9.91. The minimum atomic E-state index is -4.99. The Morgan fingerprint density at radius 1 is 0.569 bits per heavy atom. The molecule has 0 saturated heterocycles. The summed E-state index contributed by atoms with van der Waals surface area (Å²) in [6.07, 6.45) is -16.3. The zero-order chi connectivity index (χ0) is 41.9. The van der Waals surface area contributed by atoms with E-state index in [0.29, 0.717) is 32.7 Å². The molecular weight excluding hydrogens is 807 g/mol.